The van der Waals surface area contributed by atoms with Gasteiger partial charge in [0, 0.05) is 11.4 Å². The van der Waals surface area contributed by atoms with Crippen LogP contribution in [0.2, 0.25) is 0 Å². The highest BCUT2D eigenvalue weighted by atomic mass is 32.1. The van der Waals surface area contributed by atoms with Gasteiger partial charge in [0.25, 0.3) is 0 Å². The Morgan fingerprint density at radius 2 is 1.70 bits per heavy atom. The molecule has 0 atom stereocenters. The lowest BCUT2D eigenvalue weighted by Gasteiger charge is -2.45. The SMILES string of the molecule is Cc1ccc(N2C(=S)N(c3ccc(C#N)c(C(F)(F)F)c3)/C(=N/CNc3ccccc3)C23CCC3)cc1. The molecule has 0 radical (unpaired) electrons. The van der Waals surface area contributed by atoms with Crippen molar-refractivity contribution in [3.05, 3.63) is 89.5 Å². The summed E-state index contributed by atoms with van der Waals surface area (Å²) >= 11 is 5.93. The second-order valence-corrected chi connectivity index (χ2v) is 9.56. The molecule has 1 spiro atoms. The molecule has 1 saturated heterocycles. The van der Waals surface area contributed by atoms with Crippen molar-refractivity contribution in [2.75, 3.05) is 21.8 Å². The van der Waals surface area contributed by atoms with Gasteiger partial charge < -0.3 is 10.2 Å². The first kappa shape index (κ1) is 24.8. The molecule has 1 saturated carbocycles. The molecule has 9 heteroatoms. The smallest absolute Gasteiger partial charge is 0.366 e. The average molecular weight is 520 g/mol. The minimum atomic E-state index is -4.68. The Bertz CT molecular complexity index is 1390. The highest BCUT2D eigenvalue weighted by Gasteiger charge is 2.57. The van der Waals surface area contributed by atoms with Gasteiger partial charge in [-0.1, -0.05) is 35.9 Å². The molecule has 1 aliphatic heterocycles. The van der Waals surface area contributed by atoms with E-state index >= 15 is 0 Å². The number of hydrogen-bond acceptors (Lipinski definition) is 4. The number of thiocarbonyl (C=S) groups is 1. The Morgan fingerprint density at radius 3 is 2.30 bits per heavy atom. The number of hydrogen-bond donors (Lipinski definition) is 1. The Hall–Kier alpha value is -3.90. The van der Waals surface area contributed by atoms with Crippen LogP contribution in [0.4, 0.5) is 30.2 Å². The number of nitrogens with one attached hydrogen (secondary N) is 1. The fourth-order valence-corrected chi connectivity index (χ4v) is 5.38. The van der Waals surface area contributed by atoms with Crippen LogP contribution in [-0.2, 0) is 6.18 Å². The van der Waals surface area contributed by atoms with Gasteiger partial charge in [-0.2, -0.15) is 18.4 Å². The molecule has 3 aromatic rings. The van der Waals surface area contributed by atoms with Gasteiger partial charge in [-0.3, -0.25) is 4.90 Å². The molecular formula is C28H24F3N5S. The summed E-state index contributed by atoms with van der Waals surface area (Å²) in [6.45, 7) is 2.22. The Labute approximate surface area is 218 Å². The normalized spacial score (nSPS) is 17.7. The van der Waals surface area contributed by atoms with E-state index in [4.69, 9.17) is 17.2 Å². The van der Waals surface area contributed by atoms with E-state index in [1.54, 1.807) is 11.0 Å². The van der Waals surface area contributed by atoms with Crippen molar-refractivity contribution in [1.82, 2.24) is 0 Å². The highest BCUT2D eigenvalue weighted by Crippen LogP contribution is 2.49. The van der Waals surface area contributed by atoms with Crippen molar-refractivity contribution < 1.29 is 13.2 Å². The summed E-state index contributed by atoms with van der Waals surface area (Å²) in [4.78, 5) is 8.55. The van der Waals surface area contributed by atoms with Crippen LogP contribution < -0.4 is 15.1 Å². The quantitative estimate of drug-likeness (QED) is 0.372. The second-order valence-electron chi connectivity index (χ2n) is 9.20. The van der Waals surface area contributed by atoms with Crippen LogP contribution in [0.3, 0.4) is 0 Å². The second kappa shape index (κ2) is 9.52. The number of nitriles is 1. The number of para-hydroxylation sites is 1. The molecular weight excluding hydrogens is 495 g/mol. The Morgan fingerprint density at radius 1 is 1.03 bits per heavy atom. The van der Waals surface area contributed by atoms with Crippen molar-refractivity contribution in [3.63, 3.8) is 0 Å². The standard InChI is InChI=1S/C28H24F3N5S/c1-19-8-11-22(12-9-19)36-26(37)35(23-13-10-20(17-32)24(16-23)28(29,30)31)25(27(36)14-5-15-27)34-18-33-21-6-3-2-4-7-21/h2-4,6-13,16,33H,5,14-15,18H2,1H3/b34-25+. The van der Waals surface area contributed by atoms with Crippen LogP contribution in [0.5, 0.6) is 0 Å². The van der Waals surface area contributed by atoms with Crippen molar-refractivity contribution in [2.45, 2.75) is 37.9 Å². The molecule has 3 aromatic carbocycles. The van der Waals surface area contributed by atoms with Gasteiger partial charge in [0.2, 0.25) is 0 Å². The van der Waals surface area contributed by atoms with Crippen molar-refractivity contribution in [2.24, 2.45) is 4.99 Å². The van der Waals surface area contributed by atoms with E-state index in [9.17, 15) is 18.4 Å². The van der Waals surface area contributed by atoms with E-state index in [0.29, 0.717) is 10.9 Å². The predicted molar refractivity (Wildman–Crippen MR) is 144 cm³/mol. The van der Waals surface area contributed by atoms with Crippen LogP contribution in [0.15, 0.2) is 77.8 Å². The topological polar surface area (TPSA) is 54.7 Å². The molecule has 0 bridgehead atoms. The lowest BCUT2D eigenvalue weighted by molar-refractivity contribution is -0.137. The molecule has 1 heterocycles. The molecule has 1 N–H and O–H groups in total. The van der Waals surface area contributed by atoms with Crippen LogP contribution >= 0.6 is 12.2 Å². The summed E-state index contributed by atoms with van der Waals surface area (Å²) in [5.74, 6) is 0.602. The van der Waals surface area contributed by atoms with Gasteiger partial charge in [0.15, 0.2) is 5.11 Å². The van der Waals surface area contributed by atoms with Crippen LogP contribution in [0.1, 0.15) is 36.0 Å². The third kappa shape index (κ3) is 4.42. The van der Waals surface area contributed by atoms with Crippen molar-refractivity contribution >= 4 is 40.2 Å². The first-order valence-corrected chi connectivity index (χ1v) is 12.3. The zero-order valence-electron chi connectivity index (χ0n) is 20.1. The van der Waals surface area contributed by atoms with Gasteiger partial charge in [0.1, 0.15) is 18.0 Å². The highest BCUT2D eigenvalue weighted by molar-refractivity contribution is 7.81. The fourth-order valence-electron chi connectivity index (χ4n) is 4.91. The third-order valence-corrected chi connectivity index (χ3v) is 7.25. The number of aryl methyl sites for hydroxylation is 1. The van der Waals surface area contributed by atoms with E-state index in [2.05, 4.69) is 5.32 Å². The van der Waals surface area contributed by atoms with Gasteiger partial charge in [0.05, 0.1) is 22.9 Å². The average Bonchev–Trinajstić information content (AvgIpc) is 3.13. The fraction of sp³-hybridized carbons (Fsp3) is 0.250. The van der Waals surface area contributed by atoms with E-state index in [1.165, 1.54) is 12.1 Å². The number of aliphatic imine (C=N–C) groups is 1. The first-order chi connectivity index (χ1) is 17.7. The molecule has 5 nitrogen and oxygen atoms in total. The maximum atomic E-state index is 13.8. The lowest BCUT2D eigenvalue weighted by atomic mass is 9.74. The maximum Gasteiger partial charge on any atom is 0.417 e. The lowest BCUT2D eigenvalue weighted by Crippen LogP contribution is -2.55. The first-order valence-electron chi connectivity index (χ1n) is 11.9. The monoisotopic (exact) mass is 519 g/mol. The zero-order valence-corrected chi connectivity index (χ0v) is 20.9. The summed E-state index contributed by atoms with van der Waals surface area (Å²) in [5.41, 5.74) is 1.09. The van der Waals surface area contributed by atoms with E-state index in [1.807, 2.05) is 66.4 Å². The van der Waals surface area contributed by atoms with Crippen LogP contribution in [-0.4, -0.2) is 23.2 Å². The van der Waals surface area contributed by atoms with E-state index in [-0.39, 0.29) is 12.4 Å². The zero-order chi connectivity index (χ0) is 26.2. The van der Waals surface area contributed by atoms with Gasteiger partial charge >= 0.3 is 6.18 Å². The number of anilines is 3. The molecule has 188 valence electrons. The van der Waals surface area contributed by atoms with Gasteiger partial charge in [-0.25, -0.2) is 4.99 Å². The number of nitrogens with zero attached hydrogens (tertiary/aromatic N) is 4. The van der Waals surface area contributed by atoms with Gasteiger partial charge in [-0.15, -0.1) is 0 Å². The molecule has 1 aliphatic carbocycles. The summed E-state index contributed by atoms with van der Waals surface area (Å²) in [5, 5.41) is 12.9. The summed E-state index contributed by atoms with van der Waals surface area (Å²) in [6, 6.07) is 22.9. The molecule has 0 amide bonds. The number of alkyl halides is 3. The minimum Gasteiger partial charge on any atom is -0.366 e. The number of rotatable bonds is 5. The molecule has 5 rings (SSSR count). The van der Waals surface area contributed by atoms with E-state index < -0.39 is 22.8 Å². The number of amidine groups is 1. The van der Waals surface area contributed by atoms with Crippen molar-refractivity contribution in [3.8, 4) is 6.07 Å². The minimum absolute atomic E-state index is 0.227. The molecule has 2 aliphatic rings. The summed E-state index contributed by atoms with van der Waals surface area (Å²) in [6.07, 6.45) is -2.20. The molecule has 37 heavy (non-hydrogen) atoms. The molecule has 2 fully saturated rings. The van der Waals surface area contributed by atoms with Crippen LogP contribution in [0.25, 0.3) is 0 Å². The summed E-state index contributed by atoms with van der Waals surface area (Å²) < 4.78 is 41.5. The largest absolute Gasteiger partial charge is 0.417 e. The Balaban J connectivity index is 1.62. The third-order valence-electron chi connectivity index (χ3n) is 6.88. The predicted octanol–water partition coefficient (Wildman–Crippen LogP) is 6.89. The number of halogens is 3. The number of benzene rings is 3. The van der Waals surface area contributed by atoms with Crippen LogP contribution in [0, 0.1) is 18.3 Å². The van der Waals surface area contributed by atoms with Crippen molar-refractivity contribution in [1.29, 1.82) is 5.26 Å². The van der Waals surface area contributed by atoms with Gasteiger partial charge in [-0.05, 0) is 80.9 Å². The van der Waals surface area contributed by atoms with E-state index in [0.717, 1.165) is 42.3 Å². The maximum absolute atomic E-state index is 13.8. The molecule has 0 aromatic heterocycles. The Kier molecular flexibility index (Phi) is 6.38. The summed E-state index contributed by atoms with van der Waals surface area (Å²) in [7, 11) is 0. The molecule has 0 unspecified atom stereocenters.